The minimum absolute atomic E-state index is 0. The molecule has 1 aliphatic heterocycles. The van der Waals surface area contributed by atoms with Gasteiger partial charge in [0.1, 0.15) is 5.75 Å². The van der Waals surface area contributed by atoms with Crippen LogP contribution in [0.3, 0.4) is 0 Å². The molecule has 1 fully saturated rings. The first-order chi connectivity index (χ1) is 10.1. The van der Waals surface area contributed by atoms with E-state index in [1.807, 2.05) is 4.90 Å². The van der Waals surface area contributed by atoms with Crippen LogP contribution in [-0.2, 0) is 4.79 Å². The Balaban J connectivity index is 0.00000242. The molecule has 1 saturated heterocycles. The number of hydrogen-bond donors (Lipinski definition) is 1. The SMILES string of the molecule is Cl.NCC1CCCN1C(=O)CCCOc1ccc(Cl)cc1Cl. The summed E-state index contributed by atoms with van der Waals surface area (Å²) in [6.07, 6.45) is 3.19. The van der Waals surface area contributed by atoms with Crippen LogP contribution < -0.4 is 10.5 Å². The Morgan fingerprint density at radius 1 is 1.41 bits per heavy atom. The number of halogens is 3. The second-order valence-corrected chi connectivity index (χ2v) is 5.99. The lowest BCUT2D eigenvalue weighted by molar-refractivity contribution is -0.132. The normalized spacial score (nSPS) is 17.2. The van der Waals surface area contributed by atoms with Crippen molar-refractivity contribution in [2.24, 2.45) is 5.73 Å². The van der Waals surface area contributed by atoms with E-state index in [2.05, 4.69) is 0 Å². The van der Waals surface area contributed by atoms with Crippen LogP contribution in [-0.4, -0.2) is 36.5 Å². The minimum Gasteiger partial charge on any atom is -0.492 e. The molecule has 2 rings (SSSR count). The highest BCUT2D eigenvalue weighted by Crippen LogP contribution is 2.27. The summed E-state index contributed by atoms with van der Waals surface area (Å²) in [6, 6.07) is 5.31. The van der Waals surface area contributed by atoms with Gasteiger partial charge in [0.2, 0.25) is 5.91 Å². The van der Waals surface area contributed by atoms with Gasteiger partial charge in [0.15, 0.2) is 0 Å². The first-order valence-electron chi connectivity index (χ1n) is 7.19. The van der Waals surface area contributed by atoms with Crippen LogP contribution in [0.4, 0.5) is 0 Å². The molecule has 1 aromatic rings. The number of rotatable bonds is 6. The van der Waals surface area contributed by atoms with Crippen molar-refractivity contribution in [2.75, 3.05) is 19.7 Å². The van der Waals surface area contributed by atoms with E-state index in [4.69, 9.17) is 33.7 Å². The highest BCUT2D eigenvalue weighted by atomic mass is 35.5. The average Bonchev–Trinajstić information content (AvgIpc) is 2.93. The lowest BCUT2D eigenvalue weighted by atomic mass is 10.2. The van der Waals surface area contributed by atoms with Gasteiger partial charge in [0.05, 0.1) is 11.6 Å². The molecule has 2 N–H and O–H groups in total. The number of ether oxygens (including phenoxy) is 1. The molecule has 1 aliphatic rings. The van der Waals surface area contributed by atoms with Crippen LogP contribution >= 0.6 is 35.6 Å². The lowest BCUT2D eigenvalue weighted by Gasteiger charge is -2.23. The van der Waals surface area contributed by atoms with E-state index in [1.54, 1.807) is 18.2 Å². The second kappa shape index (κ2) is 9.46. The number of nitrogens with two attached hydrogens (primary N) is 1. The van der Waals surface area contributed by atoms with E-state index in [0.29, 0.717) is 41.8 Å². The Morgan fingerprint density at radius 3 is 2.86 bits per heavy atom. The van der Waals surface area contributed by atoms with Crippen LogP contribution in [0.25, 0.3) is 0 Å². The van der Waals surface area contributed by atoms with E-state index < -0.39 is 0 Å². The molecular weight excluding hydrogens is 347 g/mol. The summed E-state index contributed by atoms with van der Waals surface area (Å²) in [6.45, 7) is 1.82. The van der Waals surface area contributed by atoms with Crippen LogP contribution in [0, 0.1) is 0 Å². The monoisotopic (exact) mass is 366 g/mol. The standard InChI is InChI=1S/C15H20Cl2N2O2.ClH/c16-11-5-6-14(13(17)9-11)21-8-2-4-15(20)19-7-1-3-12(19)10-18;/h5-6,9,12H,1-4,7-8,10,18H2;1H. The Kier molecular flexibility index (Phi) is 8.33. The van der Waals surface area contributed by atoms with Crippen LogP contribution in [0.2, 0.25) is 10.0 Å². The van der Waals surface area contributed by atoms with Gasteiger partial charge in [-0.1, -0.05) is 23.2 Å². The number of nitrogens with zero attached hydrogens (tertiary/aromatic N) is 1. The quantitative estimate of drug-likeness (QED) is 0.783. The van der Waals surface area contributed by atoms with Gasteiger partial charge in [-0.2, -0.15) is 0 Å². The van der Waals surface area contributed by atoms with Gasteiger partial charge >= 0.3 is 0 Å². The highest BCUT2D eigenvalue weighted by Gasteiger charge is 2.26. The van der Waals surface area contributed by atoms with Crippen molar-refractivity contribution in [3.63, 3.8) is 0 Å². The predicted molar refractivity (Wildman–Crippen MR) is 92.2 cm³/mol. The van der Waals surface area contributed by atoms with Crippen molar-refractivity contribution in [1.29, 1.82) is 0 Å². The van der Waals surface area contributed by atoms with Crippen molar-refractivity contribution >= 4 is 41.5 Å². The zero-order valence-corrected chi connectivity index (χ0v) is 14.6. The van der Waals surface area contributed by atoms with Gasteiger partial charge in [-0.15, -0.1) is 12.4 Å². The molecule has 1 atom stereocenters. The molecular formula is C15H21Cl3N2O2. The third kappa shape index (κ3) is 5.20. The predicted octanol–water partition coefficient (Wildman–Crippen LogP) is 3.52. The molecule has 22 heavy (non-hydrogen) atoms. The van der Waals surface area contributed by atoms with Gasteiger partial charge in [-0.05, 0) is 37.5 Å². The maximum absolute atomic E-state index is 12.1. The minimum atomic E-state index is 0. The number of amides is 1. The molecule has 0 aromatic heterocycles. The molecule has 4 nitrogen and oxygen atoms in total. The van der Waals surface area contributed by atoms with Crippen molar-refractivity contribution < 1.29 is 9.53 Å². The highest BCUT2D eigenvalue weighted by molar-refractivity contribution is 6.35. The maximum atomic E-state index is 12.1. The number of hydrogen-bond acceptors (Lipinski definition) is 3. The zero-order chi connectivity index (χ0) is 15.2. The fourth-order valence-corrected chi connectivity index (χ4v) is 3.01. The number of benzene rings is 1. The van der Waals surface area contributed by atoms with Gasteiger partial charge in [0.25, 0.3) is 0 Å². The van der Waals surface area contributed by atoms with Gasteiger partial charge in [0, 0.05) is 30.6 Å². The summed E-state index contributed by atoms with van der Waals surface area (Å²) in [4.78, 5) is 14.0. The summed E-state index contributed by atoms with van der Waals surface area (Å²) in [7, 11) is 0. The van der Waals surface area contributed by atoms with Crippen molar-refractivity contribution in [1.82, 2.24) is 4.90 Å². The van der Waals surface area contributed by atoms with Crippen molar-refractivity contribution in [3.05, 3.63) is 28.2 Å². The smallest absolute Gasteiger partial charge is 0.222 e. The van der Waals surface area contributed by atoms with Crippen molar-refractivity contribution in [2.45, 2.75) is 31.7 Å². The van der Waals surface area contributed by atoms with E-state index in [9.17, 15) is 4.79 Å². The number of likely N-dealkylation sites (tertiary alicyclic amines) is 1. The van der Waals surface area contributed by atoms with E-state index >= 15 is 0 Å². The molecule has 0 aliphatic carbocycles. The Labute approximate surface area is 147 Å². The largest absolute Gasteiger partial charge is 0.492 e. The third-order valence-corrected chi connectivity index (χ3v) is 4.19. The van der Waals surface area contributed by atoms with Crippen LogP contribution in [0.1, 0.15) is 25.7 Å². The molecule has 0 spiro atoms. The maximum Gasteiger partial charge on any atom is 0.222 e. The Hall–Kier alpha value is -0.680. The topological polar surface area (TPSA) is 55.6 Å². The summed E-state index contributed by atoms with van der Waals surface area (Å²) < 4.78 is 5.57. The molecule has 1 amide bonds. The zero-order valence-electron chi connectivity index (χ0n) is 12.3. The summed E-state index contributed by atoms with van der Waals surface area (Å²) in [5.41, 5.74) is 5.68. The second-order valence-electron chi connectivity index (χ2n) is 5.15. The van der Waals surface area contributed by atoms with Gasteiger partial charge < -0.3 is 15.4 Å². The molecule has 0 radical (unpaired) electrons. The van der Waals surface area contributed by atoms with Gasteiger partial charge in [-0.25, -0.2) is 0 Å². The molecule has 7 heteroatoms. The first-order valence-corrected chi connectivity index (χ1v) is 7.95. The Morgan fingerprint density at radius 2 is 2.18 bits per heavy atom. The number of carbonyl (C=O) groups excluding carboxylic acids is 1. The molecule has 0 saturated carbocycles. The third-order valence-electron chi connectivity index (χ3n) is 3.66. The number of carbonyl (C=O) groups is 1. The van der Waals surface area contributed by atoms with E-state index in [1.165, 1.54) is 0 Å². The van der Waals surface area contributed by atoms with Gasteiger partial charge in [-0.3, -0.25) is 4.79 Å². The Bertz CT molecular complexity index is 500. The molecule has 1 aromatic carbocycles. The van der Waals surface area contributed by atoms with E-state index in [0.717, 1.165) is 19.4 Å². The fourth-order valence-electron chi connectivity index (χ4n) is 2.55. The fraction of sp³-hybridized carbons (Fsp3) is 0.533. The average molecular weight is 368 g/mol. The summed E-state index contributed by atoms with van der Waals surface area (Å²) in [5, 5.41) is 1.06. The summed E-state index contributed by atoms with van der Waals surface area (Å²) in [5.74, 6) is 0.753. The summed E-state index contributed by atoms with van der Waals surface area (Å²) >= 11 is 11.8. The molecule has 1 heterocycles. The van der Waals surface area contributed by atoms with E-state index in [-0.39, 0.29) is 24.4 Å². The first kappa shape index (κ1) is 19.4. The van der Waals surface area contributed by atoms with Crippen molar-refractivity contribution in [3.8, 4) is 5.75 Å². The molecule has 0 bridgehead atoms. The lowest BCUT2D eigenvalue weighted by Crippen LogP contribution is -2.39. The molecule has 1 unspecified atom stereocenters. The van der Waals surface area contributed by atoms with Crippen LogP contribution in [0.15, 0.2) is 18.2 Å². The van der Waals surface area contributed by atoms with Crippen LogP contribution in [0.5, 0.6) is 5.75 Å². The molecule has 124 valence electrons.